The van der Waals surface area contributed by atoms with Gasteiger partial charge in [-0.25, -0.2) is 4.98 Å². The van der Waals surface area contributed by atoms with Gasteiger partial charge in [-0.1, -0.05) is 64.0 Å². The molecule has 3 aromatic carbocycles. The van der Waals surface area contributed by atoms with Gasteiger partial charge in [0.05, 0.1) is 17.6 Å². The van der Waals surface area contributed by atoms with E-state index in [9.17, 15) is 4.79 Å². The lowest BCUT2D eigenvalue weighted by Gasteiger charge is -2.31. The lowest BCUT2D eigenvalue weighted by molar-refractivity contribution is -0.126. The maximum absolute atomic E-state index is 12.7. The molecule has 1 aliphatic rings. The number of rotatable bonds is 6. The smallest absolute Gasteiger partial charge is 0.223 e. The van der Waals surface area contributed by atoms with E-state index in [4.69, 9.17) is 4.98 Å². The van der Waals surface area contributed by atoms with Crippen LogP contribution in [0.5, 0.6) is 0 Å². The summed E-state index contributed by atoms with van der Waals surface area (Å²) < 4.78 is 3.30. The van der Waals surface area contributed by atoms with E-state index in [1.54, 1.807) is 0 Å². The molecule has 2 heterocycles. The number of halogens is 1. The van der Waals surface area contributed by atoms with Crippen molar-refractivity contribution in [2.24, 2.45) is 5.92 Å². The summed E-state index contributed by atoms with van der Waals surface area (Å²) in [6, 6.07) is 24.9. The topological polar surface area (TPSA) is 50.2 Å². The first-order chi connectivity index (χ1) is 16.6. The summed E-state index contributed by atoms with van der Waals surface area (Å²) >= 11 is 3.60. The van der Waals surface area contributed by atoms with E-state index in [-0.39, 0.29) is 11.8 Å². The van der Waals surface area contributed by atoms with Gasteiger partial charge in [0.2, 0.25) is 5.91 Å². The van der Waals surface area contributed by atoms with E-state index in [0.717, 1.165) is 65.1 Å². The summed E-state index contributed by atoms with van der Waals surface area (Å²) in [5, 5.41) is 3.13. The number of hydrogen-bond donors (Lipinski definition) is 1. The fraction of sp³-hybridized carbons (Fsp3) is 0.286. The van der Waals surface area contributed by atoms with Crippen LogP contribution in [0.25, 0.3) is 16.7 Å². The number of hydrogen-bond acceptors (Lipinski definition) is 3. The van der Waals surface area contributed by atoms with Crippen molar-refractivity contribution in [2.45, 2.75) is 32.9 Å². The second-order valence-corrected chi connectivity index (χ2v) is 10.0. The summed E-state index contributed by atoms with van der Waals surface area (Å²) in [7, 11) is 0. The van der Waals surface area contributed by atoms with Crippen LogP contribution in [0.3, 0.4) is 0 Å². The third kappa shape index (κ3) is 5.08. The Bertz CT molecular complexity index is 1290. The average molecular weight is 517 g/mol. The van der Waals surface area contributed by atoms with Crippen molar-refractivity contribution in [1.29, 1.82) is 0 Å². The predicted molar refractivity (Wildman–Crippen MR) is 140 cm³/mol. The van der Waals surface area contributed by atoms with Gasteiger partial charge >= 0.3 is 0 Å². The number of piperidine rings is 1. The molecule has 174 valence electrons. The third-order valence-electron chi connectivity index (χ3n) is 6.61. The SMILES string of the molecule is Cc1ccc(CNC(=O)C2CCN(Cc3nc4ccccc4n3-c3cccc(Br)c3)CC2)cc1. The van der Waals surface area contributed by atoms with Gasteiger partial charge in [-0.3, -0.25) is 14.3 Å². The maximum Gasteiger partial charge on any atom is 0.223 e. The maximum atomic E-state index is 12.7. The van der Waals surface area contributed by atoms with Crippen molar-refractivity contribution in [2.75, 3.05) is 13.1 Å². The molecule has 1 amide bonds. The van der Waals surface area contributed by atoms with Gasteiger partial charge in [-0.15, -0.1) is 0 Å². The molecule has 1 aliphatic heterocycles. The number of para-hydroxylation sites is 2. The number of amides is 1. The zero-order valence-corrected chi connectivity index (χ0v) is 21.0. The number of likely N-dealkylation sites (tertiary alicyclic amines) is 1. The van der Waals surface area contributed by atoms with Gasteiger partial charge in [0.1, 0.15) is 5.82 Å². The predicted octanol–water partition coefficient (Wildman–Crippen LogP) is 5.62. The Morgan fingerprint density at radius 1 is 1.03 bits per heavy atom. The van der Waals surface area contributed by atoms with Crippen LogP contribution in [-0.4, -0.2) is 33.4 Å². The monoisotopic (exact) mass is 516 g/mol. The van der Waals surface area contributed by atoms with Crippen LogP contribution in [-0.2, 0) is 17.9 Å². The fourth-order valence-electron chi connectivity index (χ4n) is 4.68. The Balaban J connectivity index is 1.24. The molecule has 0 spiro atoms. The molecule has 5 rings (SSSR count). The molecule has 0 atom stereocenters. The summed E-state index contributed by atoms with van der Waals surface area (Å²) in [6.45, 7) is 5.22. The highest BCUT2D eigenvalue weighted by Crippen LogP contribution is 2.26. The molecule has 6 heteroatoms. The highest BCUT2D eigenvalue weighted by Gasteiger charge is 2.26. The molecule has 0 saturated carbocycles. The lowest BCUT2D eigenvalue weighted by atomic mass is 9.96. The zero-order chi connectivity index (χ0) is 23.5. The van der Waals surface area contributed by atoms with E-state index in [0.29, 0.717) is 6.54 Å². The number of aryl methyl sites for hydroxylation is 1. The lowest BCUT2D eigenvalue weighted by Crippen LogP contribution is -2.40. The van der Waals surface area contributed by atoms with Gasteiger partial charge in [0.25, 0.3) is 0 Å². The molecule has 0 unspecified atom stereocenters. The minimum Gasteiger partial charge on any atom is -0.352 e. The molecular weight excluding hydrogens is 488 g/mol. The first-order valence-electron chi connectivity index (χ1n) is 11.8. The molecule has 34 heavy (non-hydrogen) atoms. The molecule has 0 bridgehead atoms. The number of benzene rings is 3. The number of nitrogens with one attached hydrogen (secondary N) is 1. The van der Waals surface area contributed by atoms with E-state index < -0.39 is 0 Å². The van der Waals surface area contributed by atoms with Gasteiger partial charge < -0.3 is 5.32 Å². The van der Waals surface area contributed by atoms with Crippen molar-refractivity contribution in [3.05, 3.63) is 94.2 Å². The van der Waals surface area contributed by atoms with Gasteiger partial charge in [0.15, 0.2) is 0 Å². The molecule has 1 saturated heterocycles. The third-order valence-corrected chi connectivity index (χ3v) is 7.10. The average Bonchev–Trinajstić information content (AvgIpc) is 3.22. The molecule has 4 aromatic rings. The number of imidazole rings is 1. The highest BCUT2D eigenvalue weighted by atomic mass is 79.9. The second-order valence-electron chi connectivity index (χ2n) is 9.09. The van der Waals surface area contributed by atoms with Crippen molar-refractivity contribution < 1.29 is 4.79 Å². The molecule has 0 aliphatic carbocycles. The largest absolute Gasteiger partial charge is 0.352 e. The first kappa shape index (κ1) is 22.8. The minimum atomic E-state index is 0.0746. The summed E-state index contributed by atoms with van der Waals surface area (Å²) in [4.78, 5) is 20.1. The number of aromatic nitrogens is 2. The molecule has 1 N–H and O–H groups in total. The number of carbonyl (C=O) groups excluding carboxylic acids is 1. The Morgan fingerprint density at radius 2 is 1.79 bits per heavy atom. The fourth-order valence-corrected chi connectivity index (χ4v) is 5.07. The Kier molecular flexibility index (Phi) is 6.79. The normalized spacial score (nSPS) is 15.0. The standard InChI is InChI=1S/C28H29BrN4O/c1-20-9-11-21(12-10-20)18-30-28(34)22-13-15-32(16-14-22)19-27-31-25-7-2-3-8-26(25)33(27)24-6-4-5-23(29)17-24/h2-12,17,22H,13-16,18-19H2,1H3,(H,30,34). The van der Waals surface area contributed by atoms with Crippen LogP contribution >= 0.6 is 15.9 Å². The van der Waals surface area contributed by atoms with Crippen LogP contribution in [0.1, 0.15) is 29.8 Å². The van der Waals surface area contributed by atoms with Crippen LogP contribution < -0.4 is 5.32 Å². The molecule has 1 fully saturated rings. The minimum absolute atomic E-state index is 0.0746. The highest BCUT2D eigenvalue weighted by molar-refractivity contribution is 9.10. The Labute approximate surface area is 208 Å². The molecule has 1 aromatic heterocycles. The molecular formula is C28H29BrN4O. The van der Waals surface area contributed by atoms with E-state index in [1.165, 1.54) is 5.56 Å². The van der Waals surface area contributed by atoms with Crippen molar-refractivity contribution in [3.63, 3.8) is 0 Å². The number of fused-ring (bicyclic) bond motifs is 1. The van der Waals surface area contributed by atoms with Crippen LogP contribution in [0.2, 0.25) is 0 Å². The van der Waals surface area contributed by atoms with Crippen molar-refractivity contribution in [3.8, 4) is 5.69 Å². The Hall–Kier alpha value is -2.96. The Morgan fingerprint density at radius 3 is 2.56 bits per heavy atom. The van der Waals surface area contributed by atoms with Crippen LogP contribution in [0.4, 0.5) is 0 Å². The van der Waals surface area contributed by atoms with Crippen LogP contribution in [0.15, 0.2) is 77.3 Å². The number of carbonyl (C=O) groups is 1. The zero-order valence-electron chi connectivity index (χ0n) is 19.4. The molecule has 0 radical (unpaired) electrons. The summed E-state index contributed by atoms with van der Waals surface area (Å²) in [6.07, 6.45) is 1.74. The summed E-state index contributed by atoms with van der Waals surface area (Å²) in [5.74, 6) is 1.27. The van der Waals surface area contributed by atoms with E-state index >= 15 is 0 Å². The number of nitrogens with zero attached hydrogens (tertiary/aromatic N) is 3. The van der Waals surface area contributed by atoms with Crippen LogP contribution in [0, 0.1) is 12.8 Å². The molecule has 5 nitrogen and oxygen atoms in total. The summed E-state index contributed by atoms with van der Waals surface area (Å²) in [5.41, 5.74) is 5.59. The van der Waals surface area contributed by atoms with Crippen molar-refractivity contribution in [1.82, 2.24) is 19.8 Å². The second kappa shape index (κ2) is 10.1. The van der Waals surface area contributed by atoms with Gasteiger partial charge in [-0.2, -0.15) is 0 Å². The van der Waals surface area contributed by atoms with Gasteiger partial charge in [-0.05, 0) is 68.8 Å². The van der Waals surface area contributed by atoms with E-state index in [2.05, 4.69) is 98.3 Å². The quantitative estimate of drug-likeness (QED) is 0.361. The first-order valence-corrected chi connectivity index (χ1v) is 12.6. The van der Waals surface area contributed by atoms with Gasteiger partial charge in [0, 0.05) is 22.6 Å². The van der Waals surface area contributed by atoms with E-state index in [1.807, 2.05) is 12.1 Å². The van der Waals surface area contributed by atoms with Crippen molar-refractivity contribution >= 4 is 32.9 Å².